The molecule has 0 aromatic carbocycles. The molecule has 1 saturated carbocycles. The molecule has 11 heteroatoms. The number of hydrogen-bond donors (Lipinski definition) is 3. The van der Waals surface area contributed by atoms with Gasteiger partial charge in [-0.1, -0.05) is 13.8 Å². The molecule has 1 fully saturated rings. The second-order valence-corrected chi connectivity index (χ2v) is 9.84. The Bertz CT molecular complexity index is 764. The second kappa shape index (κ2) is 18.8. The van der Waals surface area contributed by atoms with Gasteiger partial charge in [0, 0.05) is 25.8 Å². The number of amides is 3. The third-order valence-electron chi connectivity index (χ3n) is 6.64. The van der Waals surface area contributed by atoms with Gasteiger partial charge in [0.25, 0.3) is 0 Å². The van der Waals surface area contributed by atoms with Gasteiger partial charge >= 0.3 is 6.09 Å². The minimum absolute atomic E-state index is 0.0697. The van der Waals surface area contributed by atoms with Gasteiger partial charge in [0.1, 0.15) is 6.04 Å². The summed E-state index contributed by atoms with van der Waals surface area (Å²) in [5.74, 6) is 7.30. The van der Waals surface area contributed by atoms with Gasteiger partial charge in [0.15, 0.2) is 0 Å². The summed E-state index contributed by atoms with van der Waals surface area (Å²) in [7, 11) is 0. The Labute approximate surface area is 226 Å². The van der Waals surface area contributed by atoms with E-state index in [4.69, 9.17) is 29.4 Å². The first-order valence-electron chi connectivity index (χ1n) is 13.7. The van der Waals surface area contributed by atoms with Crippen LogP contribution < -0.4 is 16.4 Å². The van der Waals surface area contributed by atoms with Crippen LogP contribution in [0.1, 0.15) is 46.0 Å². The summed E-state index contributed by atoms with van der Waals surface area (Å²) in [5.41, 5.74) is 5.28. The van der Waals surface area contributed by atoms with Crippen molar-refractivity contribution in [3.8, 4) is 11.8 Å². The van der Waals surface area contributed by atoms with Gasteiger partial charge in [-0.05, 0) is 36.5 Å². The fourth-order valence-electron chi connectivity index (χ4n) is 4.47. The third-order valence-corrected chi connectivity index (χ3v) is 6.64. The molecule has 0 unspecified atom stereocenters. The van der Waals surface area contributed by atoms with Crippen LogP contribution in [0.15, 0.2) is 0 Å². The molecule has 3 amide bonds. The molecule has 0 saturated heterocycles. The number of carbonyl (C=O) groups excluding carboxylic acids is 3. The van der Waals surface area contributed by atoms with E-state index in [-0.39, 0.29) is 24.9 Å². The van der Waals surface area contributed by atoms with E-state index < -0.39 is 18.0 Å². The van der Waals surface area contributed by atoms with Gasteiger partial charge in [-0.3, -0.25) is 9.59 Å². The van der Waals surface area contributed by atoms with Crippen LogP contribution in [0.25, 0.3) is 0 Å². The second-order valence-electron chi connectivity index (χ2n) is 9.84. The number of primary amides is 1. The molecule has 2 aliphatic carbocycles. The molecule has 0 aromatic heterocycles. The van der Waals surface area contributed by atoms with Crippen molar-refractivity contribution in [2.75, 3.05) is 66.0 Å². The Kier molecular flexibility index (Phi) is 15.7. The van der Waals surface area contributed by atoms with Gasteiger partial charge in [-0.2, -0.15) is 0 Å². The van der Waals surface area contributed by atoms with E-state index in [1.54, 1.807) is 0 Å². The van der Waals surface area contributed by atoms with E-state index in [0.717, 1.165) is 25.7 Å². The molecule has 0 aromatic rings. The zero-order valence-electron chi connectivity index (χ0n) is 22.8. The Hall–Kier alpha value is -2.39. The van der Waals surface area contributed by atoms with Crippen molar-refractivity contribution >= 4 is 17.9 Å². The fraction of sp³-hybridized carbons (Fsp3) is 0.815. The molecule has 0 bridgehead atoms. The first kappa shape index (κ1) is 31.8. The lowest BCUT2D eigenvalue weighted by molar-refractivity contribution is -0.129. The van der Waals surface area contributed by atoms with Gasteiger partial charge in [0.2, 0.25) is 11.8 Å². The number of alkyl carbamates (subject to hydrolysis) is 1. The zero-order valence-corrected chi connectivity index (χ0v) is 22.8. The Balaban J connectivity index is 1.29. The van der Waals surface area contributed by atoms with Crippen molar-refractivity contribution in [2.24, 2.45) is 29.4 Å². The molecule has 216 valence electrons. The number of carbonyl (C=O) groups is 3. The molecule has 11 nitrogen and oxygen atoms in total. The standard InChI is InChI=1S/C27H45N3O8/c1-20(2)25(26(28)32)30-24(31)9-11-34-13-15-36-17-18-37-16-14-35-12-10-29-27(33)38-19-23-21-7-5-3-4-6-8-22(21)23/h20-23,25H,5-19H2,1-2H3,(H2,28,32)(H,29,33)(H,30,31)/t21-,22+,23-,25-/m0/s1. The lowest BCUT2D eigenvalue weighted by Gasteiger charge is -2.18. The van der Waals surface area contributed by atoms with E-state index in [1.807, 2.05) is 13.8 Å². The largest absolute Gasteiger partial charge is 0.449 e. The van der Waals surface area contributed by atoms with E-state index in [2.05, 4.69) is 22.5 Å². The third kappa shape index (κ3) is 13.4. The topological polar surface area (TPSA) is 147 Å². The zero-order chi connectivity index (χ0) is 27.6. The van der Waals surface area contributed by atoms with Crippen molar-refractivity contribution in [1.29, 1.82) is 0 Å². The maximum Gasteiger partial charge on any atom is 0.407 e. The predicted molar refractivity (Wildman–Crippen MR) is 140 cm³/mol. The van der Waals surface area contributed by atoms with Crippen LogP contribution in [0.4, 0.5) is 4.79 Å². The highest BCUT2D eigenvalue weighted by Crippen LogP contribution is 2.52. The Morgan fingerprint density at radius 2 is 1.37 bits per heavy atom. The van der Waals surface area contributed by atoms with Crippen LogP contribution in [-0.4, -0.2) is 90.0 Å². The number of rotatable bonds is 20. The number of hydrogen-bond acceptors (Lipinski definition) is 8. The van der Waals surface area contributed by atoms with E-state index in [1.165, 1.54) is 0 Å². The van der Waals surface area contributed by atoms with Gasteiger partial charge < -0.3 is 40.1 Å². The molecule has 0 radical (unpaired) electrons. The maximum absolute atomic E-state index is 11.9. The first-order chi connectivity index (χ1) is 18.4. The summed E-state index contributed by atoms with van der Waals surface area (Å²) >= 11 is 0. The Morgan fingerprint density at radius 1 is 0.842 bits per heavy atom. The molecule has 2 aliphatic rings. The predicted octanol–water partition coefficient (Wildman–Crippen LogP) is 1.23. The molecule has 0 heterocycles. The highest BCUT2D eigenvalue weighted by atomic mass is 16.6. The van der Waals surface area contributed by atoms with Crippen molar-refractivity contribution in [2.45, 2.75) is 52.0 Å². The highest BCUT2D eigenvalue weighted by Gasteiger charge is 2.49. The fourth-order valence-corrected chi connectivity index (χ4v) is 4.47. The first-order valence-corrected chi connectivity index (χ1v) is 13.7. The normalized spacial score (nSPS) is 20.8. The average molecular weight is 540 g/mol. The number of fused-ring (bicyclic) bond motifs is 1. The van der Waals surface area contributed by atoms with Crippen LogP contribution in [0.3, 0.4) is 0 Å². The minimum Gasteiger partial charge on any atom is -0.449 e. The maximum atomic E-state index is 11.9. The lowest BCUT2D eigenvalue weighted by atomic mass is 10.0. The molecule has 4 atom stereocenters. The number of ether oxygens (including phenoxy) is 5. The van der Waals surface area contributed by atoms with Crippen molar-refractivity contribution < 1.29 is 38.1 Å². The summed E-state index contributed by atoms with van der Waals surface area (Å²) in [6, 6.07) is -0.677. The van der Waals surface area contributed by atoms with Gasteiger partial charge in [0.05, 0.1) is 59.5 Å². The summed E-state index contributed by atoms with van der Waals surface area (Å²) in [6.45, 7) is 7.55. The van der Waals surface area contributed by atoms with Crippen molar-refractivity contribution in [3.63, 3.8) is 0 Å². The number of nitrogens with one attached hydrogen (secondary N) is 2. The van der Waals surface area contributed by atoms with Crippen LogP contribution >= 0.6 is 0 Å². The van der Waals surface area contributed by atoms with E-state index in [9.17, 15) is 14.4 Å². The monoisotopic (exact) mass is 539 g/mol. The molecule has 4 N–H and O–H groups in total. The molecule has 38 heavy (non-hydrogen) atoms. The van der Waals surface area contributed by atoms with Crippen molar-refractivity contribution in [3.05, 3.63) is 0 Å². The number of nitrogens with two attached hydrogens (primary N) is 1. The smallest absolute Gasteiger partial charge is 0.407 e. The van der Waals surface area contributed by atoms with Crippen LogP contribution in [0.5, 0.6) is 0 Å². The average Bonchev–Trinajstić information content (AvgIpc) is 3.51. The highest BCUT2D eigenvalue weighted by molar-refractivity contribution is 5.86. The summed E-state index contributed by atoms with van der Waals surface area (Å²) in [5, 5.41) is 5.32. The summed E-state index contributed by atoms with van der Waals surface area (Å²) in [4.78, 5) is 35.0. The van der Waals surface area contributed by atoms with Gasteiger partial charge in [-0.25, -0.2) is 4.79 Å². The summed E-state index contributed by atoms with van der Waals surface area (Å²) < 4.78 is 27.0. The Morgan fingerprint density at radius 3 is 1.89 bits per heavy atom. The molecule has 0 aliphatic heterocycles. The minimum atomic E-state index is -0.677. The quantitative estimate of drug-likeness (QED) is 0.155. The lowest BCUT2D eigenvalue weighted by Crippen LogP contribution is -2.47. The van der Waals surface area contributed by atoms with E-state index >= 15 is 0 Å². The molecular weight excluding hydrogens is 494 g/mol. The SMILES string of the molecule is CC(C)[C@H](NC(=O)CCOCCOCCOCCOCCNC(=O)OC[C@@H]1[C@@H]2CCC#CCC[C@@H]21)C(N)=O. The molecule has 2 rings (SSSR count). The van der Waals surface area contributed by atoms with Crippen LogP contribution in [0, 0.1) is 35.5 Å². The molecule has 0 spiro atoms. The van der Waals surface area contributed by atoms with Crippen LogP contribution in [-0.2, 0) is 33.3 Å². The molecular formula is C27H45N3O8. The van der Waals surface area contributed by atoms with Gasteiger partial charge in [-0.15, -0.1) is 11.8 Å². The van der Waals surface area contributed by atoms with E-state index in [0.29, 0.717) is 77.2 Å². The summed E-state index contributed by atoms with van der Waals surface area (Å²) in [6.07, 6.45) is 3.90. The van der Waals surface area contributed by atoms with Crippen molar-refractivity contribution in [1.82, 2.24) is 10.6 Å². The van der Waals surface area contributed by atoms with Crippen LogP contribution in [0.2, 0.25) is 0 Å².